The number of allylic oxidation sites excluding steroid dienone is 1. The smallest absolute Gasteiger partial charge is 0.229 e. The molecule has 3 N–H and O–H groups in total. The number of para-hydroxylation sites is 1. The van der Waals surface area contributed by atoms with E-state index in [1.165, 1.54) is 23.4 Å². The maximum absolute atomic E-state index is 13.1. The number of benzene rings is 2. The number of piperidine rings is 1. The van der Waals surface area contributed by atoms with Crippen LogP contribution in [0.3, 0.4) is 0 Å². The van der Waals surface area contributed by atoms with Crippen LogP contribution in [0.4, 0.5) is 10.1 Å². The van der Waals surface area contributed by atoms with Crippen LogP contribution in [0.1, 0.15) is 17.5 Å². The number of hydrogen-bond donors (Lipinski definition) is 3. The van der Waals surface area contributed by atoms with Crippen molar-refractivity contribution in [3.05, 3.63) is 71.6 Å². The maximum Gasteiger partial charge on any atom is 0.229 e. The summed E-state index contributed by atoms with van der Waals surface area (Å²) < 4.78 is 13.1. The van der Waals surface area contributed by atoms with Gasteiger partial charge in [-0.2, -0.15) is 0 Å². The van der Waals surface area contributed by atoms with E-state index in [2.05, 4.69) is 45.1 Å². The van der Waals surface area contributed by atoms with Crippen molar-refractivity contribution >= 4 is 17.7 Å². The van der Waals surface area contributed by atoms with Crippen LogP contribution < -0.4 is 20.9 Å². The minimum absolute atomic E-state index is 0.0712. The highest BCUT2D eigenvalue weighted by Crippen LogP contribution is 2.32. The number of amides is 1. The Morgan fingerprint density at radius 1 is 1.10 bits per heavy atom. The number of nitrogens with one attached hydrogen (secondary N) is 3. The van der Waals surface area contributed by atoms with Gasteiger partial charge in [0, 0.05) is 12.2 Å². The third kappa shape index (κ3) is 3.54. The highest BCUT2D eigenvalue weighted by atomic mass is 19.1. The normalized spacial score (nSPS) is 28.9. The monoisotopic (exact) mass is 392 g/mol. The van der Waals surface area contributed by atoms with Crippen molar-refractivity contribution in [1.29, 1.82) is 0 Å². The van der Waals surface area contributed by atoms with E-state index in [-0.39, 0.29) is 36.0 Å². The van der Waals surface area contributed by atoms with Crippen molar-refractivity contribution in [3.63, 3.8) is 0 Å². The zero-order chi connectivity index (χ0) is 19.8. The third-order valence-electron chi connectivity index (χ3n) is 6.22. The first kappa shape index (κ1) is 18.3. The first-order valence-corrected chi connectivity index (χ1v) is 10.3. The lowest BCUT2D eigenvalue weighted by Gasteiger charge is -2.46. The van der Waals surface area contributed by atoms with Crippen LogP contribution in [0.5, 0.6) is 0 Å². The zero-order valence-electron chi connectivity index (χ0n) is 16.1. The third-order valence-corrected chi connectivity index (χ3v) is 6.22. The molecule has 5 rings (SSSR count). The first-order chi connectivity index (χ1) is 14.2. The van der Waals surface area contributed by atoms with Crippen LogP contribution in [0.15, 0.2) is 54.6 Å². The fourth-order valence-electron chi connectivity index (χ4n) is 4.73. The highest BCUT2D eigenvalue weighted by Gasteiger charge is 2.44. The molecule has 0 spiro atoms. The molecule has 3 heterocycles. The second-order valence-corrected chi connectivity index (χ2v) is 7.97. The van der Waals surface area contributed by atoms with E-state index in [4.69, 9.17) is 0 Å². The molecule has 0 aliphatic carbocycles. The van der Waals surface area contributed by atoms with Crippen LogP contribution in [0, 0.1) is 17.7 Å². The highest BCUT2D eigenvalue weighted by molar-refractivity contribution is 5.82. The largest absolute Gasteiger partial charge is 0.338 e. The van der Waals surface area contributed by atoms with E-state index in [1.54, 1.807) is 12.1 Å². The quantitative estimate of drug-likeness (QED) is 0.751. The Bertz CT molecular complexity index is 929. The first-order valence-electron chi connectivity index (χ1n) is 10.3. The molecular formula is C23H25FN4O. The molecular weight excluding hydrogens is 367 g/mol. The second-order valence-electron chi connectivity index (χ2n) is 7.97. The standard InChI is InChI=1S/C23H25FN4O/c24-18-9-6-15(7-10-18)5-8-17-11-13-25-21-20(17)22(29)27-23(26-21)28-14-12-16-3-1-2-4-19(16)28/h1-10,17,20-21,23,25-26H,11-14H2,(H,27,29)/b8-5+. The molecule has 0 radical (unpaired) electrons. The van der Waals surface area contributed by atoms with E-state index in [0.717, 1.165) is 31.5 Å². The van der Waals surface area contributed by atoms with Gasteiger partial charge in [0.05, 0.1) is 12.1 Å². The van der Waals surface area contributed by atoms with Crippen molar-refractivity contribution in [1.82, 2.24) is 16.0 Å². The van der Waals surface area contributed by atoms with E-state index < -0.39 is 0 Å². The molecule has 0 bridgehead atoms. The molecule has 3 aliphatic heterocycles. The van der Waals surface area contributed by atoms with Gasteiger partial charge >= 0.3 is 0 Å². The molecule has 6 heteroatoms. The molecule has 2 fully saturated rings. The molecule has 0 aromatic heterocycles. The molecule has 4 atom stereocenters. The lowest BCUT2D eigenvalue weighted by atomic mass is 9.81. The number of hydrogen-bond acceptors (Lipinski definition) is 4. The summed E-state index contributed by atoms with van der Waals surface area (Å²) in [6, 6.07) is 14.8. The number of halogens is 1. The Morgan fingerprint density at radius 3 is 2.79 bits per heavy atom. The van der Waals surface area contributed by atoms with Gasteiger partial charge in [-0.15, -0.1) is 0 Å². The number of nitrogens with zero attached hydrogens (tertiary/aromatic N) is 1. The predicted octanol–water partition coefficient (Wildman–Crippen LogP) is 2.46. The molecule has 2 saturated heterocycles. The van der Waals surface area contributed by atoms with Crippen LogP contribution in [0.2, 0.25) is 0 Å². The van der Waals surface area contributed by atoms with Crippen LogP contribution in [0.25, 0.3) is 6.08 Å². The van der Waals surface area contributed by atoms with Crippen molar-refractivity contribution in [2.45, 2.75) is 25.3 Å². The van der Waals surface area contributed by atoms with Crippen LogP contribution in [-0.4, -0.2) is 31.5 Å². The second kappa shape index (κ2) is 7.61. The van der Waals surface area contributed by atoms with Gasteiger partial charge < -0.3 is 15.5 Å². The van der Waals surface area contributed by atoms with Crippen molar-refractivity contribution in [3.8, 4) is 0 Å². The molecule has 3 aliphatic rings. The lowest BCUT2D eigenvalue weighted by Crippen LogP contribution is -2.72. The van der Waals surface area contributed by atoms with Gasteiger partial charge in [0.1, 0.15) is 5.82 Å². The number of carbonyl (C=O) groups excluding carboxylic acids is 1. The molecule has 2 aromatic rings. The van der Waals surface area contributed by atoms with Gasteiger partial charge in [0.15, 0.2) is 6.29 Å². The van der Waals surface area contributed by atoms with Gasteiger partial charge in [-0.25, -0.2) is 4.39 Å². The minimum Gasteiger partial charge on any atom is -0.338 e. The molecule has 5 nitrogen and oxygen atoms in total. The summed E-state index contributed by atoms with van der Waals surface area (Å²) >= 11 is 0. The summed E-state index contributed by atoms with van der Waals surface area (Å²) in [7, 11) is 0. The Balaban J connectivity index is 1.32. The average Bonchev–Trinajstić information content (AvgIpc) is 3.17. The van der Waals surface area contributed by atoms with Crippen molar-refractivity contribution in [2.75, 3.05) is 18.0 Å². The SMILES string of the molecule is O=C1NC(N2CCc3ccccc32)NC2NCCC(/C=C/c3ccc(F)cc3)C12. The van der Waals surface area contributed by atoms with E-state index in [9.17, 15) is 9.18 Å². The predicted molar refractivity (Wildman–Crippen MR) is 111 cm³/mol. The van der Waals surface area contributed by atoms with Gasteiger partial charge in [0.2, 0.25) is 5.91 Å². The number of fused-ring (bicyclic) bond motifs is 2. The van der Waals surface area contributed by atoms with Crippen LogP contribution >= 0.6 is 0 Å². The molecule has 150 valence electrons. The molecule has 0 saturated carbocycles. The van der Waals surface area contributed by atoms with E-state index in [1.807, 2.05) is 12.1 Å². The number of anilines is 1. The van der Waals surface area contributed by atoms with E-state index >= 15 is 0 Å². The molecule has 2 aromatic carbocycles. The fraction of sp³-hybridized carbons (Fsp3) is 0.348. The summed E-state index contributed by atoms with van der Waals surface area (Å²) in [6.07, 6.45) is 5.69. The Labute approximate surface area is 170 Å². The van der Waals surface area contributed by atoms with E-state index in [0.29, 0.717) is 0 Å². The summed E-state index contributed by atoms with van der Waals surface area (Å²) in [5, 5.41) is 10.3. The fourth-order valence-corrected chi connectivity index (χ4v) is 4.73. The van der Waals surface area contributed by atoms with Crippen molar-refractivity contribution in [2.24, 2.45) is 11.8 Å². The van der Waals surface area contributed by atoms with Gasteiger partial charge in [-0.1, -0.05) is 42.5 Å². The summed E-state index contributed by atoms with van der Waals surface area (Å²) in [4.78, 5) is 15.3. The summed E-state index contributed by atoms with van der Waals surface area (Å²) in [6.45, 7) is 1.74. The Hall–Kier alpha value is -2.70. The number of carbonyl (C=O) groups is 1. The maximum atomic E-state index is 13.1. The minimum atomic E-state index is -0.241. The summed E-state index contributed by atoms with van der Waals surface area (Å²) in [5.74, 6) is -0.210. The van der Waals surface area contributed by atoms with Gasteiger partial charge in [-0.3, -0.25) is 10.1 Å². The molecule has 1 amide bonds. The number of rotatable bonds is 3. The Morgan fingerprint density at radius 2 is 1.93 bits per heavy atom. The molecule has 4 unspecified atom stereocenters. The lowest BCUT2D eigenvalue weighted by molar-refractivity contribution is -0.132. The summed E-state index contributed by atoms with van der Waals surface area (Å²) in [5.41, 5.74) is 3.45. The van der Waals surface area contributed by atoms with Gasteiger partial charge in [-0.05, 0) is 54.6 Å². The Kier molecular flexibility index (Phi) is 4.81. The van der Waals surface area contributed by atoms with Crippen LogP contribution in [-0.2, 0) is 11.2 Å². The van der Waals surface area contributed by atoms with Gasteiger partial charge in [0.25, 0.3) is 0 Å². The average molecular weight is 392 g/mol. The zero-order valence-corrected chi connectivity index (χ0v) is 16.1. The molecule has 29 heavy (non-hydrogen) atoms. The topological polar surface area (TPSA) is 56.4 Å². The van der Waals surface area contributed by atoms with Crippen molar-refractivity contribution < 1.29 is 9.18 Å².